The van der Waals surface area contributed by atoms with Gasteiger partial charge in [0.05, 0.1) is 28.5 Å². The Morgan fingerprint density at radius 2 is 1.93 bits per heavy atom. The second kappa shape index (κ2) is 7.75. The van der Waals surface area contributed by atoms with E-state index in [1.165, 1.54) is 0 Å². The monoisotopic (exact) mass is 390 g/mol. The number of rotatable bonds is 4. The number of carbonyl (C=O) groups excluding carboxylic acids is 2. The molecule has 0 radical (unpaired) electrons. The second-order valence-corrected chi connectivity index (χ2v) is 7.94. The Hall–Kier alpha value is -3.29. The van der Waals surface area contributed by atoms with Gasteiger partial charge < -0.3 is 10.6 Å². The molecule has 0 fully saturated rings. The van der Waals surface area contributed by atoms with Crippen LogP contribution < -0.4 is 10.6 Å². The van der Waals surface area contributed by atoms with Crippen molar-refractivity contribution < 1.29 is 9.59 Å². The van der Waals surface area contributed by atoms with E-state index in [0.717, 1.165) is 22.5 Å². The fourth-order valence-electron chi connectivity index (χ4n) is 3.19. The van der Waals surface area contributed by atoms with Crippen molar-refractivity contribution >= 4 is 40.0 Å². The molecule has 6 nitrogen and oxygen atoms in total. The molecule has 1 atom stereocenters. The summed E-state index contributed by atoms with van der Waals surface area (Å²) in [6.07, 6.45) is 0. The molecule has 0 unspecified atom stereocenters. The highest BCUT2D eigenvalue weighted by Gasteiger charge is 2.44. The Balaban J connectivity index is 1.77. The third-order valence-corrected chi connectivity index (χ3v) is 5.75. The fraction of sp³-hybridized carbons (Fsp3) is 0.238. The Kier molecular flexibility index (Phi) is 5.39. The van der Waals surface area contributed by atoms with Gasteiger partial charge >= 0.3 is 0 Å². The van der Waals surface area contributed by atoms with Crippen LogP contribution in [0.4, 0.5) is 5.69 Å². The van der Waals surface area contributed by atoms with Gasteiger partial charge in [-0.05, 0) is 11.5 Å². The molecule has 28 heavy (non-hydrogen) atoms. The number of hydrogen-bond acceptors (Lipinski definition) is 5. The molecule has 2 N–H and O–H groups in total. The number of thioether (sulfide) groups is 1. The van der Waals surface area contributed by atoms with Crippen LogP contribution in [-0.2, 0) is 9.59 Å². The van der Waals surface area contributed by atoms with Crippen LogP contribution in [-0.4, -0.2) is 17.6 Å². The average molecular weight is 390 g/mol. The molecule has 2 amide bonds. The lowest BCUT2D eigenvalue weighted by atomic mass is 9.72. The molecule has 0 spiro atoms. The summed E-state index contributed by atoms with van der Waals surface area (Å²) >= 11 is 1.09. The minimum atomic E-state index is -0.948. The maximum Gasteiger partial charge on any atom is 0.243 e. The lowest BCUT2D eigenvalue weighted by Gasteiger charge is -2.34. The van der Waals surface area contributed by atoms with E-state index in [9.17, 15) is 20.1 Å². The van der Waals surface area contributed by atoms with Gasteiger partial charge in [-0.2, -0.15) is 10.5 Å². The molecule has 3 rings (SSSR count). The van der Waals surface area contributed by atoms with Gasteiger partial charge in [0.2, 0.25) is 11.8 Å². The third kappa shape index (κ3) is 3.58. The quantitative estimate of drug-likeness (QED) is 0.830. The molecule has 0 saturated heterocycles. The minimum absolute atomic E-state index is 0.0251. The predicted octanol–water partition coefficient (Wildman–Crippen LogP) is 3.54. The number of hydrogen-bond donors (Lipinski definition) is 2. The number of anilines is 1. The van der Waals surface area contributed by atoms with Crippen LogP contribution in [0.25, 0.3) is 10.8 Å². The van der Waals surface area contributed by atoms with Gasteiger partial charge in [0.1, 0.15) is 5.92 Å². The maximum absolute atomic E-state index is 12.5. The van der Waals surface area contributed by atoms with Crippen molar-refractivity contribution in [2.75, 3.05) is 11.1 Å². The van der Waals surface area contributed by atoms with Crippen molar-refractivity contribution in [2.45, 2.75) is 13.8 Å². The fourth-order valence-corrected chi connectivity index (χ4v) is 4.17. The Labute approximate surface area is 167 Å². The van der Waals surface area contributed by atoms with Crippen molar-refractivity contribution in [1.82, 2.24) is 5.32 Å². The Morgan fingerprint density at radius 1 is 1.21 bits per heavy atom. The molecule has 7 heteroatoms. The zero-order valence-corrected chi connectivity index (χ0v) is 16.3. The third-order valence-electron chi connectivity index (χ3n) is 4.74. The van der Waals surface area contributed by atoms with Crippen molar-refractivity contribution in [2.24, 2.45) is 11.3 Å². The summed E-state index contributed by atoms with van der Waals surface area (Å²) in [4.78, 5) is 24.7. The summed E-state index contributed by atoms with van der Waals surface area (Å²) in [7, 11) is 0. The molecular weight excluding hydrogens is 372 g/mol. The molecule has 2 aromatic rings. The van der Waals surface area contributed by atoms with Gasteiger partial charge in [-0.1, -0.05) is 62.0 Å². The first-order valence-electron chi connectivity index (χ1n) is 8.64. The van der Waals surface area contributed by atoms with E-state index in [-0.39, 0.29) is 11.7 Å². The molecule has 0 bridgehead atoms. The number of nitrogens with one attached hydrogen (secondary N) is 2. The van der Waals surface area contributed by atoms with Gasteiger partial charge in [-0.25, -0.2) is 0 Å². The number of amides is 2. The largest absolute Gasteiger partial charge is 0.325 e. The number of carbonyl (C=O) groups is 2. The minimum Gasteiger partial charge on any atom is -0.325 e. The van der Waals surface area contributed by atoms with Crippen molar-refractivity contribution in [3.63, 3.8) is 0 Å². The van der Waals surface area contributed by atoms with E-state index in [1.54, 1.807) is 13.8 Å². The molecule has 0 aliphatic carbocycles. The van der Waals surface area contributed by atoms with E-state index in [1.807, 2.05) is 48.5 Å². The summed E-state index contributed by atoms with van der Waals surface area (Å²) in [5, 5.41) is 26.5. The first-order chi connectivity index (χ1) is 13.4. The van der Waals surface area contributed by atoms with Crippen molar-refractivity contribution in [1.29, 1.82) is 10.5 Å². The van der Waals surface area contributed by atoms with Crippen molar-refractivity contribution in [3.8, 4) is 12.1 Å². The van der Waals surface area contributed by atoms with E-state index >= 15 is 0 Å². The van der Waals surface area contributed by atoms with Gasteiger partial charge in [-0.3, -0.25) is 9.59 Å². The Morgan fingerprint density at radius 3 is 2.64 bits per heavy atom. The molecule has 1 heterocycles. The van der Waals surface area contributed by atoms with E-state index in [4.69, 9.17) is 0 Å². The summed E-state index contributed by atoms with van der Waals surface area (Å²) in [6.45, 7) is 3.38. The lowest BCUT2D eigenvalue weighted by Crippen LogP contribution is -2.44. The number of benzene rings is 2. The van der Waals surface area contributed by atoms with Gasteiger partial charge in [-0.15, -0.1) is 0 Å². The van der Waals surface area contributed by atoms with Crippen LogP contribution >= 0.6 is 11.8 Å². The standard InChI is InChI=1S/C21H18N4O2S/c1-21(2)15(10-22)19(27)25-20(16(21)11-23)28-12-18(26)24-17-9-5-7-13-6-3-4-8-14(13)17/h3-9,15H,12H2,1-2H3,(H,24,26)(H,25,27)/t15-/m0/s1. The number of fused-ring (bicyclic) bond motifs is 1. The second-order valence-electron chi connectivity index (χ2n) is 6.95. The van der Waals surface area contributed by atoms with Crippen LogP contribution in [0.3, 0.4) is 0 Å². The van der Waals surface area contributed by atoms with E-state index in [2.05, 4.69) is 16.7 Å². The number of allylic oxidation sites excluding steroid dienone is 1. The van der Waals surface area contributed by atoms with Crippen LogP contribution in [0.1, 0.15) is 13.8 Å². The lowest BCUT2D eigenvalue weighted by molar-refractivity contribution is -0.125. The highest BCUT2D eigenvalue weighted by molar-refractivity contribution is 8.03. The highest BCUT2D eigenvalue weighted by atomic mass is 32.2. The zero-order chi connectivity index (χ0) is 20.3. The summed E-state index contributed by atoms with van der Waals surface area (Å²) in [5.41, 5.74) is 0.0950. The van der Waals surface area contributed by atoms with Crippen LogP contribution in [0.5, 0.6) is 0 Å². The molecule has 0 saturated carbocycles. The predicted molar refractivity (Wildman–Crippen MR) is 109 cm³/mol. The summed E-state index contributed by atoms with van der Waals surface area (Å²) in [6, 6.07) is 17.4. The van der Waals surface area contributed by atoms with Gasteiger partial charge in [0.15, 0.2) is 0 Å². The highest BCUT2D eigenvalue weighted by Crippen LogP contribution is 2.41. The molecule has 2 aromatic carbocycles. The molecule has 140 valence electrons. The van der Waals surface area contributed by atoms with Crippen LogP contribution in [0.2, 0.25) is 0 Å². The van der Waals surface area contributed by atoms with Gasteiger partial charge in [0.25, 0.3) is 0 Å². The first kappa shape index (κ1) is 19.5. The number of nitriles is 2. The number of nitrogens with zero attached hydrogens (tertiary/aromatic N) is 2. The first-order valence-corrected chi connectivity index (χ1v) is 9.62. The molecule has 1 aliphatic rings. The van der Waals surface area contributed by atoms with E-state index in [0.29, 0.717) is 16.3 Å². The summed E-state index contributed by atoms with van der Waals surface area (Å²) < 4.78 is 0. The molecular formula is C21H18N4O2S. The smallest absolute Gasteiger partial charge is 0.243 e. The average Bonchev–Trinajstić information content (AvgIpc) is 2.66. The normalized spacial score (nSPS) is 18.1. The SMILES string of the molecule is CC1(C)C(C#N)=C(SCC(=O)Nc2cccc3ccccc23)NC(=O)[C@@H]1C#N. The molecule has 0 aromatic heterocycles. The topological polar surface area (TPSA) is 106 Å². The van der Waals surface area contributed by atoms with E-state index < -0.39 is 17.2 Å². The van der Waals surface area contributed by atoms with Crippen molar-refractivity contribution in [3.05, 3.63) is 53.1 Å². The Bertz CT molecular complexity index is 1070. The summed E-state index contributed by atoms with van der Waals surface area (Å²) in [5.74, 6) is -1.63. The van der Waals surface area contributed by atoms with Crippen LogP contribution in [0, 0.1) is 34.0 Å². The van der Waals surface area contributed by atoms with Crippen LogP contribution in [0.15, 0.2) is 53.1 Å². The molecule has 1 aliphatic heterocycles. The maximum atomic E-state index is 12.5. The zero-order valence-electron chi connectivity index (χ0n) is 15.4. The van der Waals surface area contributed by atoms with Gasteiger partial charge in [0, 0.05) is 16.5 Å².